The minimum absolute atomic E-state index is 0.190. The van der Waals surface area contributed by atoms with Gasteiger partial charge in [-0.25, -0.2) is 0 Å². The standard InChI is InChI=1S/C13H23O5P/c1-4-16-12(14)13(9-10-13)8-7-11-19(15,17-5-2)18-6-3/h7-8H,4-6,9-11H2,1-3H3/b8-7+. The van der Waals surface area contributed by atoms with E-state index in [4.69, 9.17) is 13.8 Å². The van der Waals surface area contributed by atoms with Crippen molar-refractivity contribution in [3.63, 3.8) is 0 Å². The highest BCUT2D eigenvalue weighted by Crippen LogP contribution is 2.51. The van der Waals surface area contributed by atoms with Gasteiger partial charge in [0.1, 0.15) is 0 Å². The number of ether oxygens (including phenoxy) is 1. The van der Waals surface area contributed by atoms with Gasteiger partial charge in [-0.15, -0.1) is 0 Å². The van der Waals surface area contributed by atoms with Crippen molar-refractivity contribution in [1.29, 1.82) is 0 Å². The summed E-state index contributed by atoms with van der Waals surface area (Å²) >= 11 is 0. The normalized spacial score (nSPS) is 17.6. The van der Waals surface area contributed by atoms with Crippen LogP contribution in [0.4, 0.5) is 0 Å². The molecule has 110 valence electrons. The van der Waals surface area contributed by atoms with Gasteiger partial charge in [0, 0.05) is 0 Å². The van der Waals surface area contributed by atoms with Gasteiger partial charge in [0.25, 0.3) is 0 Å². The summed E-state index contributed by atoms with van der Waals surface area (Å²) < 4.78 is 27.6. The molecular weight excluding hydrogens is 267 g/mol. The smallest absolute Gasteiger partial charge is 0.334 e. The summed E-state index contributed by atoms with van der Waals surface area (Å²) in [5.41, 5.74) is -0.501. The van der Waals surface area contributed by atoms with Gasteiger partial charge in [-0.2, -0.15) is 0 Å². The molecule has 0 aromatic rings. The predicted octanol–water partition coefficient (Wildman–Crippen LogP) is 3.15. The monoisotopic (exact) mass is 290 g/mol. The SMILES string of the molecule is CCOC(=O)C1(/C=C/CP(=O)(OCC)OCC)CC1. The molecular formula is C13H23O5P. The molecule has 0 radical (unpaired) electrons. The third kappa shape index (κ3) is 4.75. The van der Waals surface area contributed by atoms with E-state index < -0.39 is 13.0 Å². The first-order valence-electron chi connectivity index (χ1n) is 6.75. The Labute approximate surface area is 114 Å². The maximum atomic E-state index is 12.2. The second kappa shape index (κ2) is 7.22. The third-order valence-electron chi connectivity index (χ3n) is 2.89. The topological polar surface area (TPSA) is 61.8 Å². The van der Waals surface area contributed by atoms with Gasteiger partial charge in [0.15, 0.2) is 0 Å². The van der Waals surface area contributed by atoms with E-state index in [9.17, 15) is 9.36 Å². The van der Waals surface area contributed by atoms with Crippen molar-refractivity contribution in [3.8, 4) is 0 Å². The molecule has 0 aromatic carbocycles. The van der Waals surface area contributed by atoms with Crippen molar-refractivity contribution < 1.29 is 23.1 Å². The lowest BCUT2D eigenvalue weighted by Gasteiger charge is -2.15. The Morgan fingerprint density at radius 3 is 2.16 bits per heavy atom. The van der Waals surface area contributed by atoms with Crippen molar-refractivity contribution in [2.45, 2.75) is 33.6 Å². The van der Waals surface area contributed by atoms with E-state index in [0.717, 1.165) is 12.8 Å². The second-order valence-electron chi connectivity index (χ2n) is 4.41. The van der Waals surface area contributed by atoms with Crippen LogP contribution in [0.2, 0.25) is 0 Å². The van der Waals surface area contributed by atoms with E-state index in [1.165, 1.54) is 0 Å². The van der Waals surface area contributed by atoms with Crippen LogP contribution in [0.25, 0.3) is 0 Å². The lowest BCUT2D eigenvalue weighted by molar-refractivity contribution is -0.147. The Morgan fingerprint density at radius 1 is 1.16 bits per heavy atom. The van der Waals surface area contributed by atoms with E-state index >= 15 is 0 Å². The number of carbonyl (C=O) groups is 1. The van der Waals surface area contributed by atoms with Crippen LogP contribution < -0.4 is 0 Å². The van der Waals surface area contributed by atoms with E-state index in [1.807, 2.05) is 0 Å². The molecule has 0 N–H and O–H groups in total. The Kier molecular flexibility index (Phi) is 6.24. The van der Waals surface area contributed by atoms with Crippen molar-refractivity contribution in [1.82, 2.24) is 0 Å². The van der Waals surface area contributed by atoms with Crippen LogP contribution in [-0.2, 0) is 23.1 Å². The highest BCUT2D eigenvalue weighted by molar-refractivity contribution is 7.54. The molecule has 0 unspecified atom stereocenters. The fraction of sp³-hybridized carbons (Fsp3) is 0.769. The highest BCUT2D eigenvalue weighted by atomic mass is 31.2. The molecule has 1 saturated carbocycles. The first kappa shape index (κ1) is 16.4. The molecule has 19 heavy (non-hydrogen) atoms. The minimum Gasteiger partial charge on any atom is -0.465 e. The summed E-state index contributed by atoms with van der Waals surface area (Å²) in [5.74, 6) is -0.200. The quantitative estimate of drug-likeness (QED) is 0.371. The summed E-state index contributed by atoms with van der Waals surface area (Å²) in [6.45, 7) is 6.40. The van der Waals surface area contributed by atoms with Crippen LogP contribution in [0.3, 0.4) is 0 Å². The van der Waals surface area contributed by atoms with E-state index in [2.05, 4.69) is 0 Å². The molecule has 0 bridgehead atoms. The molecule has 0 atom stereocenters. The molecule has 1 fully saturated rings. The number of hydrogen-bond donors (Lipinski definition) is 0. The van der Waals surface area contributed by atoms with Crippen LogP contribution >= 0.6 is 7.60 Å². The fourth-order valence-electron chi connectivity index (χ4n) is 1.79. The largest absolute Gasteiger partial charge is 0.465 e. The number of esters is 1. The molecule has 1 rings (SSSR count). The first-order chi connectivity index (χ1) is 9.02. The Balaban J connectivity index is 2.57. The summed E-state index contributed by atoms with van der Waals surface area (Å²) in [5, 5.41) is 0. The van der Waals surface area contributed by atoms with Gasteiger partial charge in [-0.3, -0.25) is 9.36 Å². The van der Waals surface area contributed by atoms with Crippen LogP contribution in [0.5, 0.6) is 0 Å². The van der Waals surface area contributed by atoms with Gasteiger partial charge in [-0.05, 0) is 33.6 Å². The highest BCUT2D eigenvalue weighted by Gasteiger charge is 2.49. The number of carbonyl (C=O) groups excluding carboxylic acids is 1. The van der Waals surface area contributed by atoms with E-state index in [1.54, 1.807) is 32.9 Å². The number of hydrogen-bond acceptors (Lipinski definition) is 5. The maximum absolute atomic E-state index is 12.2. The van der Waals surface area contributed by atoms with Gasteiger partial charge in [-0.1, -0.05) is 12.2 Å². The molecule has 0 saturated heterocycles. The molecule has 5 nitrogen and oxygen atoms in total. The van der Waals surface area contributed by atoms with Crippen molar-refractivity contribution >= 4 is 13.6 Å². The lowest BCUT2D eigenvalue weighted by Crippen LogP contribution is -2.16. The predicted molar refractivity (Wildman–Crippen MR) is 73.2 cm³/mol. The van der Waals surface area contributed by atoms with Crippen molar-refractivity contribution in [2.24, 2.45) is 5.41 Å². The Morgan fingerprint density at radius 2 is 1.74 bits per heavy atom. The Hall–Kier alpha value is -0.640. The zero-order valence-electron chi connectivity index (χ0n) is 11.9. The molecule has 0 aromatic heterocycles. The van der Waals surface area contributed by atoms with Crippen LogP contribution in [0.1, 0.15) is 33.6 Å². The van der Waals surface area contributed by atoms with Crippen molar-refractivity contribution in [2.75, 3.05) is 26.0 Å². The minimum atomic E-state index is -3.06. The van der Waals surface area contributed by atoms with Crippen LogP contribution in [0.15, 0.2) is 12.2 Å². The molecule has 0 amide bonds. The molecule has 0 heterocycles. The van der Waals surface area contributed by atoms with E-state index in [0.29, 0.717) is 19.8 Å². The molecule has 0 aliphatic heterocycles. The van der Waals surface area contributed by atoms with Crippen LogP contribution in [-0.4, -0.2) is 32.0 Å². The van der Waals surface area contributed by atoms with Gasteiger partial charge >= 0.3 is 13.6 Å². The zero-order valence-corrected chi connectivity index (χ0v) is 12.8. The van der Waals surface area contributed by atoms with Crippen molar-refractivity contribution in [3.05, 3.63) is 12.2 Å². The first-order valence-corrected chi connectivity index (χ1v) is 8.47. The molecule has 1 aliphatic carbocycles. The zero-order chi connectivity index (χ0) is 14.4. The average Bonchev–Trinajstić information content (AvgIpc) is 3.11. The molecule has 6 heteroatoms. The van der Waals surface area contributed by atoms with Gasteiger partial charge in [0.05, 0.1) is 31.4 Å². The molecule has 1 aliphatic rings. The van der Waals surface area contributed by atoms with Gasteiger partial charge < -0.3 is 13.8 Å². The van der Waals surface area contributed by atoms with Crippen LogP contribution in [0, 0.1) is 5.41 Å². The summed E-state index contributed by atoms with van der Waals surface area (Å²) in [7, 11) is -3.06. The average molecular weight is 290 g/mol. The number of allylic oxidation sites excluding steroid dienone is 1. The summed E-state index contributed by atoms with van der Waals surface area (Å²) in [4.78, 5) is 11.7. The number of rotatable bonds is 9. The fourth-order valence-corrected chi connectivity index (χ4v) is 3.23. The van der Waals surface area contributed by atoms with E-state index in [-0.39, 0.29) is 12.1 Å². The third-order valence-corrected chi connectivity index (χ3v) is 4.85. The molecule has 0 spiro atoms. The Bertz CT molecular complexity index is 363. The lowest BCUT2D eigenvalue weighted by atomic mass is 10.1. The van der Waals surface area contributed by atoms with Gasteiger partial charge in [0.2, 0.25) is 0 Å². The summed E-state index contributed by atoms with van der Waals surface area (Å²) in [6, 6.07) is 0. The second-order valence-corrected chi connectivity index (χ2v) is 6.51. The maximum Gasteiger partial charge on any atom is 0.334 e. The summed E-state index contributed by atoms with van der Waals surface area (Å²) in [6.07, 6.45) is 5.27.